The summed E-state index contributed by atoms with van der Waals surface area (Å²) in [6, 6.07) is 6.68. The molecule has 104 valence electrons. The Labute approximate surface area is 129 Å². The van der Waals surface area contributed by atoms with Crippen molar-refractivity contribution in [2.75, 3.05) is 5.32 Å². The van der Waals surface area contributed by atoms with E-state index in [1.54, 1.807) is 0 Å². The molecule has 3 N–H and O–H groups in total. The molecule has 1 aliphatic rings. The Bertz CT molecular complexity index is 475. The number of hydrogen-bond acceptors (Lipinski definition) is 2. The first kappa shape index (κ1) is 14.8. The van der Waals surface area contributed by atoms with Gasteiger partial charge in [-0.3, -0.25) is 0 Å². The van der Waals surface area contributed by atoms with E-state index in [0.717, 1.165) is 27.6 Å². The van der Waals surface area contributed by atoms with Gasteiger partial charge in [0.2, 0.25) is 0 Å². The maximum atomic E-state index is 5.66. The standard InChI is InChI=1S/C15H21BrN2S/c1-9-3-4-11(7-10(9)2)18-12-5-6-13(15(17)19)14(16)8-12/h5-6,8-11,18H,3-4,7H2,1-2H3,(H2,17,19). The van der Waals surface area contributed by atoms with Crippen LogP contribution in [0.3, 0.4) is 0 Å². The highest BCUT2D eigenvalue weighted by Gasteiger charge is 2.24. The number of thiocarbonyl (C=S) groups is 1. The van der Waals surface area contributed by atoms with Crippen molar-refractivity contribution in [3.05, 3.63) is 28.2 Å². The number of nitrogens with one attached hydrogen (secondary N) is 1. The Morgan fingerprint density at radius 1 is 1.32 bits per heavy atom. The summed E-state index contributed by atoms with van der Waals surface area (Å²) in [4.78, 5) is 0.429. The second-order valence-electron chi connectivity index (χ2n) is 5.67. The fourth-order valence-corrected chi connectivity index (χ4v) is 3.62. The lowest BCUT2D eigenvalue weighted by molar-refractivity contribution is 0.261. The predicted octanol–water partition coefficient (Wildman–Crippen LogP) is 4.32. The molecule has 3 atom stereocenters. The Kier molecular flexibility index (Phi) is 4.85. The molecule has 1 aliphatic carbocycles. The molecule has 0 spiro atoms. The van der Waals surface area contributed by atoms with Crippen molar-refractivity contribution in [3.8, 4) is 0 Å². The van der Waals surface area contributed by atoms with Gasteiger partial charge in [-0.25, -0.2) is 0 Å². The van der Waals surface area contributed by atoms with Gasteiger partial charge in [0, 0.05) is 21.8 Å². The molecule has 3 unspecified atom stereocenters. The number of halogens is 1. The van der Waals surface area contributed by atoms with Crippen LogP contribution >= 0.6 is 28.1 Å². The summed E-state index contributed by atoms with van der Waals surface area (Å²) in [5.74, 6) is 1.65. The van der Waals surface area contributed by atoms with Crippen LogP contribution in [0.25, 0.3) is 0 Å². The molecule has 4 heteroatoms. The molecule has 0 saturated heterocycles. The number of hydrogen-bond donors (Lipinski definition) is 2. The molecule has 1 aromatic carbocycles. The van der Waals surface area contributed by atoms with Crippen molar-refractivity contribution in [1.82, 2.24) is 0 Å². The van der Waals surface area contributed by atoms with Crippen LogP contribution in [0, 0.1) is 11.8 Å². The summed E-state index contributed by atoms with van der Waals surface area (Å²) in [5, 5.41) is 3.62. The third-order valence-corrected chi connectivity index (χ3v) is 5.08. The minimum atomic E-state index is 0.429. The Hall–Kier alpha value is -0.610. The lowest BCUT2D eigenvalue weighted by atomic mass is 9.79. The van der Waals surface area contributed by atoms with Crippen LogP contribution in [0.5, 0.6) is 0 Å². The van der Waals surface area contributed by atoms with Crippen molar-refractivity contribution in [2.45, 2.75) is 39.2 Å². The molecule has 1 aromatic rings. The Morgan fingerprint density at radius 3 is 2.63 bits per heavy atom. The molecular weight excluding hydrogens is 320 g/mol. The lowest BCUT2D eigenvalue weighted by Crippen LogP contribution is -2.30. The van der Waals surface area contributed by atoms with Crippen molar-refractivity contribution in [2.24, 2.45) is 17.6 Å². The van der Waals surface area contributed by atoms with Crippen molar-refractivity contribution in [3.63, 3.8) is 0 Å². The molecule has 0 amide bonds. The van der Waals surface area contributed by atoms with Crippen LogP contribution in [-0.2, 0) is 0 Å². The summed E-state index contributed by atoms with van der Waals surface area (Å²) in [6.45, 7) is 4.71. The second kappa shape index (κ2) is 6.23. The average molecular weight is 341 g/mol. The zero-order chi connectivity index (χ0) is 14.0. The van der Waals surface area contributed by atoms with E-state index in [0.29, 0.717) is 11.0 Å². The monoisotopic (exact) mass is 340 g/mol. The van der Waals surface area contributed by atoms with Gasteiger partial charge in [-0.1, -0.05) is 26.1 Å². The summed E-state index contributed by atoms with van der Waals surface area (Å²) in [7, 11) is 0. The van der Waals surface area contributed by atoms with Crippen LogP contribution < -0.4 is 11.1 Å². The van der Waals surface area contributed by atoms with E-state index < -0.39 is 0 Å². The molecule has 1 fully saturated rings. The van der Waals surface area contributed by atoms with E-state index >= 15 is 0 Å². The van der Waals surface area contributed by atoms with E-state index in [2.05, 4.69) is 47.2 Å². The molecule has 0 radical (unpaired) electrons. The zero-order valence-corrected chi connectivity index (χ0v) is 13.9. The van der Waals surface area contributed by atoms with E-state index in [9.17, 15) is 0 Å². The first-order valence-corrected chi connectivity index (χ1v) is 8.03. The topological polar surface area (TPSA) is 38.0 Å². The summed E-state index contributed by atoms with van der Waals surface area (Å²) in [6.07, 6.45) is 3.81. The third-order valence-electron chi connectivity index (χ3n) is 4.20. The maximum Gasteiger partial charge on any atom is 0.105 e. The van der Waals surface area contributed by atoms with Crippen molar-refractivity contribution in [1.29, 1.82) is 0 Å². The molecule has 2 rings (SSSR count). The molecule has 19 heavy (non-hydrogen) atoms. The van der Waals surface area contributed by atoms with Gasteiger partial charge in [0.1, 0.15) is 4.99 Å². The summed E-state index contributed by atoms with van der Waals surface area (Å²) < 4.78 is 0.960. The summed E-state index contributed by atoms with van der Waals surface area (Å²) in [5.41, 5.74) is 7.70. The molecule has 0 bridgehead atoms. The van der Waals surface area contributed by atoms with Gasteiger partial charge < -0.3 is 11.1 Å². The number of nitrogens with two attached hydrogens (primary N) is 1. The van der Waals surface area contributed by atoms with Crippen LogP contribution in [0.1, 0.15) is 38.7 Å². The zero-order valence-electron chi connectivity index (χ0n) is 11.4. The van der Waals surface area contributed by atoms with Gasteiger partial charge in [-0.2, -0.15) is 0 Å². The number of benzene rings is 1. The van der Waals surface area contributed by atoms with Gasteiger partial charge in [0.05, 0.1) is 0 Å². The van der Waals surface area contributed by atoms with Crippen LogP contribution in [0.2, 0.25) is 0 Å². The predicted molar refractivity (Wildman–Crippen MR) is 89.6 cm³/mol. The maximum absolute atomic E-state index is 5.66. The highest BCUT2D eigenvalue weighted by molar-refractivity contribution is 9.10. The first-order valence-electron chi connectivity index (χ1n) is 6.83. The minimum Gasteiger partial charge on any atom is -0.389 e. The fourth-order valence-electron chi connectivity index (χ4n) is 2.72. The van der Waals surface area contributed by atoms with Crippen LogP contribution in [0.15, 0.2) is 22.7 Å². The van der Waals surface area contributed by atoms with Gasteiger partial charge in [0.15, 0.2) is 0 Å². The van der Waals surface area contributed by atoms with Gasteiger partial charge in [-0.15, -0.1) is 0 Å². The van der Waals surface area contributed by atoms with Gasteiger partial charge in [0.25, 0.3) is 0 Å². The highest BCUT2D eigenvalue weighted by atomic mass is 79.9. The molecule has 0 aliphatic heterocycles. The average Bonchev–Trinajstić information content (AvgIpc) is 2.33. The van der Waals surface area contributed by atoms with E-state index in [-0.39, 0.29) is 0 Å². The lowest BCUT2D eigenvalue weighted by Gasteiger charge is -2.33. The largest absolute Gasteiger partial charge is 0.389 e. The normalized spacial score (nSPS) is 27.0. The Balaban J connectivity index is 2.04. The Morgan fingerprint density at radius 2 is 2.05 bits per heavy atom. The van der Waals surface area contributed by atoms with Crippen molar-refractivity contribution < 1.29 is 0 Å². The van der Waals surface area contributed by atoms with Gasteiger partial charge >= 0.3 is 0 Å². The minimum absolute atomic E-state index is 0.429. The molecular formula is C15H21BrN2S. The molecule has 2 nitrogen and oxygen atoms in total. The van der Waals surface area contributed by atoms with Gasteiger partial charge in [-0.05, 0) is 65.2 Å². The first-order chi connectivity index (χ1) is 8.97. The number of rotatable bonds is 3. The third kappa shape index (κ3) is 3.69. The van der Waals surface area contributed by atoms with Crippen LogP contribution in [0.4, 0.5) is 5.69 Å². The molecule has 0 heterocycles. The van der Waals surface area contributed by atoms with E-state index in [1.165, 1.54) is 19.3 Å². The second-order valence-corrected chi connectivity index (χ2v) is 6.96. The fraction of sp³-hybridized carbons (Fsp3) is 0.533. The van der Waals surface area contributed by atoms with E-state index in [4.69, 9.17) is 18.0 Å². The quantitative estimate of drug-likeness (QED) is 0.804. The highest BCUT2D eigenvalue weighted by Crippen LogP contribution is 2.31. The number of anilines is 1. The molecule has 0 aromatic heterocycles. The van der Waals surface area contributed by atoms with Crippen molar-refractivity contribution >= 4 is 38.8 Å². The smallest absolute Gasteiger partial charge is 0.105 e. The molecule has 1 saturated carbocycles. The summed E-state index contributed by atoms with van der Waals surface area (Å²) >= 11 is 8.54. The van der Waals surface area contributed by atoms with Crippen LogP contribution in [-0.4, -0.2) is 11.0 Å². The van der Waals surface area contributed by atoms with E-state index in [1.807, 2.05) is 6.07 Å². The SMILES string of the molecule is CC1CCC(Nc2ccc(C(N)=S)c(Br)c2)CC1C.